The molecule has 0 fully saturated rings. The van der Waals surface area contributed by atoms with E-state index in [2.05, 4.69) is 4.98 Å². The Balaban J connectivity index is 1.85. The molecule has 4 nitrogen and oxygen atoms in total. The van der Waals surface area contributed by atoms with E-state index in [4.69, 9.17) is 0 Å². The van der Waals surface area contributed by atoms with Crippen LogP contribution in [0.15, 0.2) is 66.4 Å². The summed E-state index contributed by atoms with van der Waals surface area (Å²) in [5.41, 5.74) is -1.45. The van der Waals surface area contributed by atoms with Crippen LogP contribution < -0.4 is 4.90 Å². The van der Waals surface area contributed by atoms with Crippen LogP contribution in [0.5, 0.6) is 0 Å². The number of carbonyl (C=O) groups excluding carboxylic acids is 2. The van der Waals surface area contributed by atoms with E-state index in [0.717, 1.165) is 22.5 Å². The fourth-order valence-electron chi connectivity index (χ4n) is 5.28. The van der Waals surface area contributed by atoms with Crippen molar-refractivity contribution in [2.75, 3.05) is 11.9 Å². The number of carbonyl (C=O) groups is 2. The number of aryl methyl sites for hydroxylation is 1. The molecular weight excluding hydrogens is 589 g/mol. The number of nitrogens with zero attached hydrogens (tertiary/aromatic N) is 2. The predicted molar refractivity (Wildman–Crippen MR) is 153 cm³/mol. The van der Waals surface area contributed by atoms with Gasteiger partial charge in [-0.05, 0) is 110 Å². The number of pyridine rings is 1. The summed E-state index contributed by atoms with van der Waals surface area (Å²) in [6.45, 7) is 4.17. The quantitative estimate of drug-likeness (QED) is 0.158. The first kappa shape index (κ1) is 32.6. The van der Waals surface area contributed by atoms with Crippen molar-refractivity contribution in [3.8, 4) is 11.1 Å². The molecule has 1 aliphatic rings. The number of alkyl halides is 6. The highest BCUT2D eigenvalue weighted by Gasteiger charge is 2.41. The summed E-state index contributed by atoms with van der Waals surface area (Å²) in [6, 6.07) is 6.88. The molecule has 44 heavy (non-hydrogen) atoms. The van der Waals surface area contributed by atoms with Crippen LogP contribution in [0.25, 0.3) is 16.7 Å². The fraction of sp³-hybridized carbons (Fsp3) is 0.303. The second-order valence-electron chi connectivity index (χ2n) is 11.2. The number of rotatable bonds is 6. The van der Waals surface area contributed by atoms with Crippen LogP contribution in [-0.2, 0) is 27.4 Å². The molecule has 0 saturated carbocycles. The van der Waals surface area contributed by atoms with Gasteiger partial charge in [-0.1, -0.05) is 12.1 Å². The van der Waals surface area contributed by atoms with Gasteiger partial charge in [0.15, 0.2) is 0 Å². The van der Waals surface area contributed by atoms with E-state index in [-0.39, 0.29) is 11.8 Å². The van der Waals surface area contributed by atoms with Gasteiger partial charge in [0.2, 0.25) is 5.91 Å². The molecule has 1 heterocycles. The van der Waals surface area contributed by atoms with Crippen molar-refractivity contribution in [3.05, 3.63) is 100 Å². The van der Waals surface area contributed by atoms with Crippen LogP contribution >= 0.6 is 0 Å². The Morgan fingerprint density at radius 1 is 0.886 bits per heavy atom. The Labute approximate surface area is 249 Å². The van der Waals surface area contributed by atoms with Crippen molar-refractivity contribution < 1.29 is 40.3 Å². The smallest absolute Gasteiger partial charge is 0.313 e. The van der Waals surface area contributed by atoms with Gasteiger partial charge in [-0.15, -0.1) is 0 Å². The zero-order valence-corrected chi connectivity index (χ0v) is 24.3. The molecule has 4 rings (SSSR count). The van der Waals surface area contributed by atoms with Crippen molar-refractivity contribution in [2.45, 2.75) is 57.8 Å². The summed E-state index contributed by atoms with van der Waals surface area (Å²) in [7, 11) is 1.35. The van der Waals surface area contributed by atoms with Gasteiger partial charge in [0.05, 0.1) is 34.1 Å². The summed E-state index contributed by atoms with van der Waals surface area (Å²) in [5, 5.41) is 0. The number of amides is 1. The number of hydrogen-bond donors (Lipinski definition) is 0. The third-order valence-corrected chi connectivity index (χ3v) is 7.75. The molecule has 1 amide bonds. The topological polar surface area (TPSA) is 50.3 Å². The van der Waals surface area contributed by atoms with Crippen molar-refractivity contribution >= 4 is 23.5 Å². The van der Waals surface area contributed by atoms with Gasteiger partial charge in [-0.3, -0.25) is 14.6 Å². The Hall–Kier alpha value is -4.28. The average molecular weight is 619 g/mol. The molecule has 232 valence electrons. The number of hydrogen-bond acceptors (Lipinski definition) is 3. The Morgan fingerprint density at radius 2 is 1.50 bits per heavy atom. The van der Waals surface area contributed by atoms with Gasteiger partial charge in [0, 0.05) is 12.6 Å². The Kier molecular flexibility index (Phi) is 8.91. The predicted octanol–water partition coefficient (Wildman–Crippen LogP) is 8.87. The number of allylic oxidation sites excluding steroid dienone is 4. The second-order valence-corrected chi connectivity index (χ2v) is 11.2. The van der Waals surface area contributed by atoms with Crippen LogP contribution in [0.2, 0.25) is 0 Å². The lowest BCUT2D eigenvalue weighted by Crippen LogP contribution is -2.42. The van der Waals surface area contributed by atoms with Gasteiger partial charge in [-0.2, -0.15) is 26.3 Å². The maximum atomic E-state index is 14.0. The summed E-state index contributed by atoms with van der Waals surface area (Å²) in [5.74, 6) is -1.29. The lowest BCUT2D eigenvalue weighted by atomic mass is 9.81. The molecule has 0 unspecified atom stereocenters. The molecule has 0 saturated heterocycles. The minimum Gasteiger partial charge on any atom is -0.313 e. The molecule has 1 aromatic heterocycles. The first-order valence-electron chi connectivity index (χ1n) is 13.6. The normalized spacial score (nSPS) is 15.2. The van der Waals surface area contributed by atoms with Gasteiger partial charge < -0.3 is 4.90 Å². The van der Waals surface area contributed by atoms with Crippen LogP contribution in [0.1, 0.15) is 61.1 Å². The number of benzene rings is 2. The highest BCUT2D eigenvalue weighted by atomic mass is 19.4. The number of halogens is 7. The van der Waals surface area contributed by atoms with Crippen molar-refractivity contribution in [1.29, 1.82) is 0 Å². The highest BCUT2D eigenvalue weighted by Crippen LogP contribution is 2.41. The third-order valence-electron chi connectivity index (χ3n) is 7.75. The lowest BCUT2D eigenvalue weighted by molar-refractivity contribution is -0.143. The minimum absolute atomic E-state index is 0.0154. The van der Waals surface area contributed by atoms with Gasteiger partial charge >= 0.3 is 12.4 Å². The SMILES string of the molecule is Cc1cc(F)ccc1-c1cc(C2=C/C(=C\C=O)CCC2)ncc1N(C)C(=O)C(C)(C)c1cc(C(F)(F)F)cc(C(F)(F)F)c1. The highest BCUT2D eigenvalue weighted by molar-refractivity contribution is 6.03. The minimum atomic E-state index is -5.08. The van der Waals surface area contributed by atoms with Crippen LogP contribution in [0, 0.1) is 12.7 Å². The van der Waals surface area contributed by atoms with E-state index >= 15 is 0 Å². The molecule has 0 aliphatic heterocycles. The number of aromatic nitrogens is 1. The molecule has 3 aromatic rings. The van der Waals surface area contributed by atoms with Crippen molar-refractivity contribution in [3.63, 3.8) is 0 Å². The summed E-state index contributed by atoms with van der Waals surface area (Å²) >= 11 is 0. The standard InChI is InChI=1S/C33H29F7N2O2/c1-19-12-25(34)8-9-26(19)27-17-28(21-7-5-6-20(13-21)10-11-43)41-18-29(27)42(4)30(44)31(2,3)22-14-23(32(35,36)37)16-24(15-22)33(38,39)40/h8-18H,5-7H2,1-4H3/b20-10-. The van der Waals surface area contributed by atoms with Gasteiger partial charge in [-0.25, -0.2) is 4.39 Å². The Bertz CT molecular complexity index is 1640. The van der Waals surface area contributed by atoms with Gasteiger partial charge in [0.1, 0.15) is 12.1 Å². The molecule has 0 atom stereocenters. The molecule has 1 aliphatic carbocycles. The van der Waals surface area contributed by atoms with Gasteiger partial charge in [0.25, 0.3) is 0 Å². The van der Waals surface area contributed by atoms with E-state index in [1.165, 1.54) is 51.4 Å². The lowest BCUT2D eigenvalue weighted by Gasteiger charge is -2.32. The zero-order chi connectivity index (χ0) is 32.6. The van der Waals surface area contributed by atoms with E-state index in [1.54, 1.807) is 13.0 Å². The summed E-state index contributed by atoms with van der Waals surface area (Å²) in [4.78, 5) is 30.6. The number of likely N-dealkylation sites (N-methyl/N-ethyl adjacent to an activating group) is 1. The molecule has 0 bridgehead atoms. The first-order chi connectivity index (χ1) is 20.4. The van der Waals surface area contributed by atoms with E-state index < -0.39 is 46.2 Å². The molecule has 11 heteroatoms. The largest absolute Gasteiger partial charge is 0.416 e. The van der Waals surface area contributed by atoms with Crippen molar-refractivity contribution in [1.82, 2.24) is 4.98 Å². The first-order valence-corrected chi connectivity index (χ1v) is 13.6. The maximum Gasteiger partial charge on any atom is 0.416 e. The molecule has 0 N–H and O–H groups in total. The second kappa shape index (κ2) is 12.0. The molecule has 0 radical (unpaired) electrons. The zero-order valence-electron chi connectivity index (χ0n) is 24.3. The van der Waals surface area contributed by atoms with E-state index in [0.29, 0.717) is 53.6 Å². The number of anilines is 1. The average Bonchev–Trinajstić information content (AvgIpc) is 2.95. The van der Waals surface area contributed by atoms with Crippen LogP contribution in [0.4, 0.5) is 36.4 Å². The molecule has 0 spiro atoms. The third kappa shape index (κ3) is 6.76. The fourth-order valence-corrected chi connectivity index (χ4v) is 5.28. The van der Waals surface area contributed by atoms with Crippen LogP contribution in [-0.4, -0.2) is 24.2 Å². The summed E-state index contributed by atoms with van der Waals surface area (Å²) in [6.07, 6.45) is -2.62. The molecule has 2 aromatic carbocycles. The van der Waals surface area contributed by atoms with E-state index in [9.17, 15) is 40.3 Å². The van der Waals surface area contributed by atoms with Crippen LogP contribution in [0.3, 0.4) is 0 Å². The summed E-state index contributed by atoms with van der Waals surface area (Å²) < 4.78 is 95.6. The monoisotopic (exact) mass is 618 g/mol. The van der Waals surface area contributed by atoms with Crippen molar-refractivity contribution in [2.24, 2.45) is 0 Å². The maximum absolute atomic E-state index is 14.0. The Morgan fingerprint density at radius 3 is 2.07 bits per heavy atom. The molecular formula is C33H29F7N2O2. The van der Waals surface area contributed by atoms with E-state index in [1.807, 2.05) is 6.08 Å². The number of aldehydes is 1.